The van der Waals surface area contributed by atoms with Crippen molar-refractivity contribution in [1.82, 2.24) is 0 Å². The lowest BCUT2D eigenvalue weighted by molar-refractivity contribution is 0.0381. The minimum absolute atomic E-state index is 0.0232. The Bertz CT molecular complexity index is 462. The Kier molecular flexibility index (Phi) is 2.81. The highest BCUT2D eigenvalue weighted by molar-refractivity contribution is 5.39. The molecule has 1 aliphatic heterocycles. The molecule has 1 aromatic carbocycles. The molecule has 18 heavy (non-hydrogen) atoms. The average Bonchev–Trinajstić information content (AvgIpc) is 2.71. The van der Waals surface area contributed by atoms with Crippen molar-refractivity contribution in [2.24, 2.45) is 11.7 Å². The molecule has 98 valence electrons. The Morgan fingerprint density at radius 3 is 3.00 bits per heavy atom. The summed E-state index contributed by atoms with van der Waals surface area (Å²) in [5.41, 5.74) is 7.04. The van der Waals surface area contributed by atoms with E-state index in [4.69, 9.17) is 10.5 Å². The molecule has 1 fully saturated rings. The van der Waals surface area contributed by atoms with Gasteiger partial charge in [0.1, 0.15) is 17.2 Å². The molecule has 0 bridgehead atoms. The fourth-order valence-corrected chi connectivity index (χ4v) is 3.51. The Hall–Kier alpha value is -1.09. The molecule has 1 heterocycles. The van der Waals surface area contributed by atoms with E-state index >= 15 is 0 Å². The molecule has 0 aromatic heterocycles. The quantitative estimate of drug-likeness (QED) is 0.826. The van der Waals surface area contributed by atoms with Crippen LogP contribution in [0.25, 0.3) is 0 Å². The molecule has 2 nitrogen and oxygen atoms in total. The molecule has 1 aromatic rings. The van der Waals surface area contributed by atoms with Crippen LogP contribution in [0.5, 0.6) is 5.75 Å². The molecule has 1 aliphatic carbocycles. The fraction of sp³-hybridized carbons (Fsp3) is 0.600. The Morgan fingerprint density at radius 1 is 1.44 bits per heavy atom. The summed E-state index contributed by atoms with van der Waals surface area (Å²) in [4.78, 5) is 0. The number of fused-ring (bicyclic) bond motifs is 1. The van der Waals surface area contributed by atoms with Crippen molar-refractivity contribution in [1.29, 1.82) is 0 Å². The third-order valence-electron chi connectivity index (χ3n) is 4.54. The molecule has 3 heteroatoms. The van der Waals surface area contributed by atoms with Crippen molar-refractivity contribution >= 4 is 0 Å². The van der Waals surface area contributed by atoms with Gasteiger partial charge >= 0.3 is 0 Å². The van der Waals surface area contributed by atoms with E-state index in [2.05, 4.69) is 6.92 Å². The second-order valence-corrected chi connectivity index (χ2v) is 5.79. The highest BCUT2D eigenvalue weighted by Gasteiger charge is 2.45. The normalized spacial score (nSPS) is 34.4. The maximum atomic E-state index is 13.3. The van der Waals surface area contributed by atoms with Crippen LogP contribution in [0.4, 0.5) is 4.39 Å². The van der Waals surface area contributed by atoms with Gasteiger partial charge < -0.3 is 10.5 Å². The van der Waals surface area contributed by atoms with Gasteiger partial charge in [-0.3, -0.25) is 0 Å². The summed E-state index contributed by atoms with van der Waals surface area (Å²) < 4.78 is 19.5. The molecule has 2 aliphatic rings. The van der Waals surface area contributed by atoms with Crippen LogP contribution in [0.1, 0.15) is 50.6 Å². The highest BCUT2D eigenvalue weighted by Crippen LogP contribution is 2.48. The molecule has 0 radical (unpaired) electrons. The maximum absolute atomic E-state index is 13.3. The molecule has 0 saturated heterocycles. The van der Waals surface area contributed by atoms with Crippen LogP contribution in [-0.2, 0) is 0 Å². The molecule has 1 saturated carbocycles. The molecule has 3 rings (SSSR count). The van der Waals surface area contributed by atoms with Gasteiger partial charge in [0.2, 0.25) is 0 Å². The molecule has 3 atom stereocenters. The van der Waals surface area contributed by atoms with Gasteiger partial charge in [0, 0.05) is 24.1 Å². The summed E-state index contributed by atoms with van der Waals surface area (Å²) in [6.07, 6.45) is 5.37. The maximum Gasteiger partial charge on any atom is 0.127 e. The van der Waals surface area contributed by atoms with Crippen LogP contribution >= 0.6 is 0 Å². The molecule has 2 N–H and O–H groups in total. The van der Waals surface area contributed by atoms with E-state index in [1.54, 1.807) is 6.07 Å². The smallest absolute Gasteiger partial charge is 0.127 e. The van der Waals surface area contributed by atoms with Crippen molar-refractivity contribution < 1.29 is 9.13 Å². The van der Waals surface area contributed by atoms with Gasteiger partial charge in [-0.25, -0.2) is 4.39 Å². The van der Waals surface area contributed by atoms with Gasteiger partial charge in [-0.15, -0.1) is 0 Å². The lowest BCUT2D eigenvalue weighted by Gasteiger charge is -2.39. The van der Waals surface area contributed by atoms with Gasteiger partial charge in [0.25, 0.3) is 0 Å². The summed E-state index contributed by atoms with van der Waals surface area (Å²) in [5, 5.41) is 0. The van der Waals surface area contributed by atoms with E-state index in [1.165, 1.54) is 25.0 Å². The van der Waals surface area contributed by atoms with Crippen molar-refractivity contribution in [3.8, 4) is 5.75 Å². The molecule has 0 amide bonds. The van der Waals surface area contributed by atoms with Gasteiger partial charge in [-0.1, -0.05) is 19.4 Å². The third-order valence-corrected chi connectivity index (χ3v) is 4.54. The topological polar surface area (TPSA) is 35.2 Å². The van der Waals surface area contributed by atoms with Gasteiger partial charge in [0.05, 0.1) is 0 Å². The first-order chi connectivity index (χ1) is 8.62. The summed E-state index contributed by atoms with van der Waals surface area (Å²) in [6.45, 7) is 2.22. The fourth-order valence-electron chi connectivity index (χ4n) is 3.51. The van der Waals surface area contributed by atoms with Crippen LogP contribution < -0.4 is 10.5 Å². The number of halogens is 1. The van der Waals surface area contributed by atoms with E-state index in [9.17, 15) is 4.39 Å². The number of hydrogen-bond donors (Lipinski definition) is 1. The largest absolute Gasteiger partial charge is 0.487 e. The first-order valence-corrected chi connectivity index (χ1v) is 6.86. The monoisotopic (exact) mass is 249 g/mol. The van der Waals surface area contributed by atoms with Crippen molar-refractivity contribution in [2.45, 2.75) is 50.7 Å². The van der Waals surface area contributed by atoms with E-state index in [0.29, 0.717) is 5.75 Å². The number of benzene rings is 1. The second kappa shape index (κ2) is 4.23. The second-order valence-electron chi connectivity index (χ2n) is 5.79. The molecule has 2 unspecified atom stereocenters. The lowest BCUT2D eigenvalue weighted by atomic mass is 9.85. The average molecular weight is 249 g/mol. The van der Waals surface area contributed by atoms with Crippen LogP contribution in [-0.4, -0.2) is 5.60 Å². The first kappa shape index (κ1) is 12.0. The van der Waals surface area contributed by atoms with Crippen molar-refractivity contribution in [2.75, 3.05) is 0 Å². The SMILES string of the molecule is CCC1CCC2(C1)C[C@H](N)c1ccc(F)cc1O2. The van der Waals surface area contributed by atoms with Gasteiger partial charge in [0.15, 0.2) is 0 Å². The summed E-state index contributed by atoms with van der Waals surface area (Å²) >= 11 is 0. The van der Waals surface area contributed by atoms with Gasteiger partial charge in [-0.05, 0) is 31.2 Å². The zero-order valence-electron chi connectivity index (χ0n) is 10.8. The summed E-state index contributed by atoms with van der Waals surface area (Å²) in [5.74, 6) is 1.14. The summed E-state index contributed by atoms with van der Waals surface area (Å²) in [6, 6.07) is 4.68. The van der Waals surface area contributed by atoms with Crippen molar-refractivity contribution in [3.63, 3.8) is 0 Å². The van der Waals surface area contributed by atoms with E-state index < -0.39 is 0 Å². The minimum Gasteiger partial charge on any atom is -0.487 e. The van der Waals surface area contributed by atoms with Gasteiger partial charge in [-0.2, -0.15) is 0 Å². The molecule has 1 spiro atoms. The number of ether oxygens (including phenoxy) is 1. The van der Waals surface area contributed by atoms with Crippen LogP contribution in [0.15, 0.2) is 18.2 Å². The zero-order valence-corrected chi connectivity index (χ0v) is 10.8. The third kappa shape index (κ3) is 1.91. The van der Waals surface area contributed by atoms with Crippen LogP contribution in [0, 0.1) is 11.7 Å². The highest BCUT2D eigenvalue weighted by atomic mass is 19.1. The number of rotatable bonds is 1. The standard InChI is InChI=1S/C15H20FNO/c1-2-10-5-6-15(8-10)9-13(17)12-4-3-11(16)7-14(12)18-15/h3-4,7,10,13H,2,5-6,8-9,17H2,1H3/t10?,13-,15?/m0/s1. The number of hydrogen-bond acceptors (Lipinski definition) is 2. The van der Waals surface area contributed by atoms with Crippen LogP contribution in [0.2, 0.25) is 0 Å². The summed E-state index contributed by atoms with van der Waals surface area (Å²) in [7, 11) is 0. The minimum atomic E-state index is -0.247. The van der Waals surface area contributed by atoms with Crippen LogP contribution in [0.3, 0.4) is 0 Å². The Balaban J connectivity index is 1.91. The zero-order chi connectivity index (χ0) is 12.8. The van der Waals surface area contributed by atoms with E-state index in [0.717, 1.165) is 30.7 Å². The first-order valence-electron chi connectivity index (χ1n) is 6.86. The predicted octanol–water partition coefficient (Wildman–Crippen LogP) is 3.56. The Morgan fingerprint density at radius 2 is 2.28 bits per heavy atom. The lowest BCUT2D eigenvalue weighted by Crippen LogP contribution is -2.41. The molecular formula is C15H20FNO. The van der Waals surface area contributed by atoms with Crippen molar-refractivity contribution in [3.05, 3.63) is 29.6 Å². The van der Waals surface area contributed by atoms with E-state index in [-0.39, 0.29) is 17.5 Å². The number of nitrogens with two attached hydrogens (primary N) is 1. The Labute approximate surface area is 107 Å². The van der Waals surface area contributed by atoms with E-state index in [1.807, 2.05) is 0 Å². The predicted molar refractivity (Wildman–Crippen MR) is 68.9 cm³/mol. The molecular weight excluding hydrogens is 229 g/mol.